The number of pyridine rings is 1. The number of aromatic hydroxyl groups is 5. The highest BCUT2D eigenvalue weighted by atomic mass is 16.3. The Morgan fingerprint density at radius 3 is 1.95 bits per heavy atom. The van der Waals surface area contributed by atoms with E-state index in [1.54, 1.807) is 6.20 Å². The van der Waals surface area contributed by atoms with E-state index in [0.29, 0.717) is 11.3 Å². The Labute approximate surface area is 232 Å². The quantitative estimate of drug-likeness (QED) is 0.108. The first-order chi connectivity index (χ1) is 18.5. The number of hydrogen-bond donors (Lipinski definition) is 5. The van der Waals surface area contributed by atoms with E-state index in [2.05, 4.69) is 44.8 Å². The zero-order valence-corrected chi connectivity index (χ0v) is 23.9. The van der Waals surface area contributed by atoms with Gasteiger partial charge in [0, 0.05) is 38.9 Å². The Balaban J connectivity index is 1.72. The van der Waals surface area contributed by atoms with Crippen LogP contribution in [0.15, 0.2) is 34.9 Å². The number of rotatable bonds is 1. The number of aromatic nitrogens is 1. The van der Waals surface area contributed by atoms with Crippen LogP contribution in [0.3, 0.4) is 0 Å². The summed E-state index contributed by atoms with van der Waals surface area (Å²) in [4.78, 5) is 4.60. The normalized spacial score (nSPS) is 16.6. The molecule has 2 heterocycles. The number of phenols is 5. The van der Waals surface area contributed by atoms with Gasteiger partial charge in [-0.15, -0.1) is 0 Å². The first-order valence-corrected chi connectivity index (χ1v) is 13.6. The molecule has 0 unspecified atom stereocenters. The first-order valence-electron chi connectivity index (χ1n) is 13.6. The van der Waals surface area contributed by atoms with Gasteiger partial charge in [-0.2, -0.15) is 0 Å². The van der Waals surface area contributed by atoms with E-state index in [1.807, 2.05) is 26.8 Å². The van der Waals surface area contributed by atoms with Gasteiger partial charge in [0.05, 0.1) is 0 Å². The second kappa shape index (κ2) is 7.96. The van der Waals surface area contributed by atoms with Crippen LogP contribution in [0.25, 0.3) is 44.0 Å². The standard InChI is InChI=1S/C33H35NO6/c1-31(2,3)23-22-17(26(36)28(38)29(39)27(22)37)12-18(25(23)35)24-30-15(8-11-34-24)16-13-19-20(14-21(16)40-30)33(6,7)10-9-32(19,4)5/h8,11-14,35-39H,9-10H2,1-7H3. The van der Waals surface area contributed by atoms with Crippen molar-refractivity contribution in [1.82, 2.24) is 4.98 Å². The van der Waals surface area contributed by atoms with Gasteiger partial charge in [-0.3, -0.25) is 4.98 Å². The molecule has 0 amide bonds. The highest BCUT2D eigenvalue weighted by molar-refractivity contribution is 6.11. The second-order valence-electron chi connectivity index (χ2n) is 13.5. The van der Waals surface area contributed by atoms with E-state index >= 15 is 0 Å². The fourth-order valence-electron chi connectivity index (χ4n) is 6.44. The molecule has 0 saturated heterocycles. The van der Waals surface area contributed by atoms with Crippen LogP contribution in [0.5, 0.6) is 28.7 Å². The SMILES string of the molecule is CC(C)(C)c1c(O)c(-c2nccc3c2oc2cc4c(cc23)C(C)(C)CCC4(C)C)cc2c(O)c(O)c(O)c(O)c12. The molecule has 1 aliphatic rings. The van der Waals surface area contributed by atoms with Crippen LogP contribution in [0.4, 0.5) is 0 Å². The minimum Gasteiger partial charge on any atom is -0.507 e. The van der Waals surface area contributed by atoms with Crippen molar-refractivity contribution in [2.75, 3.05) is 0 Å². The molecule has 5 aromatic rings. The molecule has 0 saturated carbocycles. The van der Waals surface area contributed by atoms with Crippen molar-refractivity contribution in [3.8, 4) is 40.0 Å². The third-order valence-corrected chi connectivity index (χ3v) is 8.83. The third kappa shape index (κ3) is 3.46. The highest BCUT2D eigenvalue weighted by Crippen LogP contribution is 2.56. The van der Waals surface area contributed by atoms with Gasteiger partial charge in [0.2, 0.25) is 11.5 Å². The Morgan fingerprint density at radius 1 is 0.725 bits per heavy atom. The average molecular weight is 542 g/mol. The maximum atomic E-state index is 11.7. The number of fused-ring (bicyclic) bond motifs is 5. The minimum absolute atomic E-state index is 0.00438. The molecule has 40 heavy (non-hydrogen) atoms. The van der Waals surface area contributed by atoms with Gasteiger partial charge >= 0.3 is 0 Å². The fraction of sp³-hybridized carbons (Fsp3) is 0.364. The molecule has 3 aromatic carbocycles. The lowest BCUT2D eigenvalue weighted by Gasteiger charge is -2.41. The fourth-order valence-corrected chi connectivity index (χ4v) is 6.44. The van der Waals surface area contributed by atoms with Crippen molar-refractivity contribution < 1.29 is 29.9 Å². The molecule has 0 aliphatic heterocycles. The van der Waals surface area contributed by atoms with Gasteiger partial charge in [-0.25, -0.2) is 0 Å². The molecule has 0 fully saturated rings. The smallest absolute Gasteiger partial charge is 0.204 e. The van der Waals surface area contributed by atoms with E-state index in [9.17, 15) is 25.5 Å². The molecular formula is C33H35NO6. The molecule has 0 bridgehead atoms. The summed E-state index contributed by atoms with van der Waals surface area (Å²) in [6.45, 7) is 14.6. The molecule has 6 rings (SSSR count). The van der Waals surface area contributed by atoms with E-state index in [0.717, 1.165) is 29.2 Å². The summed E-state index contributed by atoms with van der Waals surface area (Å²) >= 11 is 0. The predicted molar refractivity (Wildman–Crippen MR) is 157 cm³/mol. The molecular weight excluding hydrogens is 506 g/mol. The minimum atomic E-state index is -0.852. The zero-order valence-electron chi connectivity index (χ0n) is 23.9. The van der Waals surface area contributed by atoms with E-state index in [1.165, 1.54) is 17.2 Å². The van der Waals surface area contributed by atoms with Crippen LogP contribution in [-0.4, -0.2) is 30.5 Å². The molecule has 1 aliphatic carbocycles. The Bertz CT molecular complexity index is 1890. The number of furan rings is 1. The van der Waals surface area contributed by atoms with Crippen molar-refractivity contribution >= 4 is 32.7 Å². The summed E-state index contributed by atoms with van der Waals surface area (Å²) in [5.41, 5.74) is 3.99. The second-order valence-corrected chi connectivity index (χ2v) is 13.5. The number of phenolic OH excluding ortho intramolecular Hbond substituents is 5. The monoisotopic (exact) mass is 541 g/mol. The molecule has 0 spiro atoms. The van der Waals surface area contributed by atoms with Crippen molar-refractivity contribution in [3.63, 3.8) is 0 Å². The van der Waals surface area contributed by atoms with E-state index in [4.69, 9.17) is 4.42 Å². The van der Waals surface area contributed by atoms with Gasteiger partial charge in [-0.1, -0.05) is 48.5 Å². The van der Waals surface area contributed by atoms with E-state index in [-0.39, 0.29) is 38.5 Å². The highest BCUT2D eigenvalue weighted by Gasteiger charge is 2.38. The maximum absolute atomic E-state index is 11.7. The number of hydrogen-bond acceptors (Lipinski definition) is 7. The van der Waals surface area contributed by atoms with Crippen LogP contribution in [0, 0.1) is 0 Å². The molecule has 2 aromatic heterocycles. The van der Waals surface area contributed by atoms with Gasteiger partial charge in [0.25, 0.3) is 0 Å². The predicted octanol–water partition coefficient (Wildman–Crippen LogP) is 7.98. The summed E-state index contributed by atoms with van der Waals surface area (Å²) in [5, 5.41) is 55.8. The summed E-state index contributed by atoms with van der Waals surface area (Å²) in [5.74, 6) is -3.09. The molecule has 7 heteroatoms. The van der Waals surface area contributed by atoms with Crippen LogP contribution in [0.1, 0.15) is 78.0 Å². The summed E-state index contributed by atoms with van der Waals surface area (Å²) in [6.07, 6.45) is 3.82. The van der Waals surface area contributed by atoms with Crippen LogP contribution in [0.2, 0.25) is 0 Å². The van der Waals surface area contributed by atoms with Crippen LogP contribution >= 0.6 is 0 Å². The topological polar surface area (TPSA) is 127 Å². The van der Waals surface area contributed by atoms with Crippen molar-refractivity contribution in [2.24, 2.45) is 0 Å². The maximum Gasteiger partial charge on any atom is 0.204 e. The third-order valence-electron chi connectivity index (χ3n) is 8.83. The lowest BCUT2D eigenvalue weighted by molar-refractivity contribution is 0.332. The first kappa shape index (κ1) is 26.1. The summed E-state index contributed by atoms with van der Waals surface area (Å²) < 4.78 is 6.48. The van der Waals surface area contributed by atoms with Crippen LogP contribution in [-0.2, 0) is 16.2 Å². The van der Waals surface area contributed by atoms with Crippen molar-refractivity contribution in [1.29, 1.82) is 0 Å². The zero-order chi connectivity index (χ0) is 29.1. The molecule has 0 radical (unpaired) electrons. The van der Waals surface area contributed by atoms with E-state index < -0.39 is 28.4 Å². The Morgan fingerprint density at radius 2 is 1.32 bits per heavy atom. The summed E-state index contributed by atoms with van der Waals surface area (Å²) in [7, 11) is 0. The number of nitrogens with zero attached hydrogens (tertiary/aromatic N) is 1. The largest absolute Gasteiger partial charge is 0.507 e. The van der Waals surface area contributed by atoms with Crippen molar-refractivity contribution in [3.05, 3.63) is 47.2 Å². The molecule has 208 valence electrons. The van der Waals surface area contributed by atoms with Gasteiger partial charge in [0.15, 0.2) is 17.1 Å². The van der Waals surface area contributed by atoms with Crippen molar-refractivity contribution in [2.45, 2.75) is 77.6 Å². The molecule has 5 N–H and O–H groups in total. The molecule has 0 atom stereocenters. The van der Waals surface area contributed by atoms with Crippen LogP contribution < -0.4 is 0 Å². The lowest BCUT2D eigenvalue weighted by Crippen LogP contribution is -2.33. The van der Waals surface area contributed by atoms with Gasteiger partial charge in [0.1, 0.15) is 17.0 Å². The Hall–Kier alpha value is -4.13. The Kier molecular flexibility index (Phi) is 5.20. The summed E-state index contributed by atoms with van der Waals surface area (Å²) in [6, 6.07) is 7.72. The lowest BCUT2D eigenvalue weighted by atomic mass is 9.63. The van der Waals surface area contributed by atoms with Gasteiger partial charge < -0.3 is 29.9 Å². The van der Waals surface area contributed by atoms with Gasteiger partial charge in [-0.05, 0) is 64.5 Å². The average Bonchev–Trinajstić information content (AvgIpc) is 3.25. The number of benzene rings is 3. The molecule has 7 nitrogen and oxygen atoms in total.